The van der Waals surface area contributed by atoms with Crippen molar-refractivity contribution < 1.29 is 14.3 Å². The second-order valence-electron chi connectivity index (χ2n) is 6.22. The van der Waals surface area contributed by atoms with E-state index in [1.165, 1.54) is 0 Å². The fourth-order valence-electron chi connectivity index (χ4n) is 2.61. The van der Waals surface area contributed by atoms with Gasteiger partial charge < -0.3 is 15.0 Å². The Morgan fingerprint density at radius 2 is 1.95 bits per heavy atom. The van der Waals surface area contributed by atoms with Crippen LogP contribution in [0.25, 0.3) is 0 Å². The molecular weight excluding hydrogens is 268 g/mol. The lowest BCUT2D eigenvalue weighted by molar-refractivity contribution is -0.154. The van der Waals surface area contributed by atoms with E-state index in [1.807, 2.05) is 34.6 Å². The molecule has 21 heavy (non-hydrogen) atoms. The number of hydrogen-bond acceptors (Lipinski definition) is 3. The summed E-state index contributed by atoms with van der Waals surface area (Å²) < 4.78 is 5.51. The minimum Gasteiger partial charge on any atom is -0.379 e. The van der Waals surface area contributed by atoms with Gasteiger partial charge in [0.05, 0.1) is 6.10 Å². The number of rotatable bonds is 8. The quantitative estimate of drug-likeness (QED) is 0.698. The molecule has 0 saturated carbocycles. The van der Waals surface area contributed by atoms with Crippen LogP contribution in [0.15, 0.2) is 0 Å². The van der Waals surface area contributed by atoms with Crippen molar-refractivity contribution in [2.45, 2.75) is 78.0 Å². The molecule has 1 saturated heterocycles. The first-order valence-corrected chi connectivity index (χ1v) is 8.10. The van der Waals surface area contributed by atoms with Crippen LogP contribution in [0, 0.1) is 0 Å². The average Bonchev–Trinajstić information content (AvgIpc) is 2.43. The van der Waals surface area contributed by atoms with E-state index in [4.69, 9.17) is 4.74 Å². The topological polar surface area (TPSA) is 58.6 Å². The maximum Gasteiger partial charge on any atom is 0.248 e. The van der Waals surface area contributed by atoms with E-state index in [0.717, 1.165) is 12.8 Å². The van der Waals surface area contributed by atoms with E-state index in [0.29, 0.717) is 26.0 Å². The highest BCUT2D eigenvalue weighted by molar-refractivity contribution is 5.99. The van der Waals surface area contributed by atoms with Gasteiger partial charge in [-0.1, -0.05) is 13.8 Å². The number of carbonyl (C=O) groups is 2. The molecule has 0 bridgehead atoms. The Kier molecular flexibility index (Phi) is 6.65. The molecule has 1 fully saturated rings. The summed E-state index contributed by atoms with van der Waals surface area (Å²) in [5.74, 6) is 0.0149. The van der Waals surface area contributed by atoms with Crippen LogP contribution in [0.2, 0.25) is 0 Å². The van der Waals surface area contributed by atoms with Crippen molar-refractivity contribution in [3.63, 3.8) is 0 Å². The summed E-state index contributed by atoms with van der Waals surface area (Å²) in [6, 6.07) is -0.330. The summed E-state index contributed by atoms with van der Waals surface area (Å²) in [6.45, 7) is 11.0. The molecule has 122 valence electrons. The Hall–Kier alpha value is -1.10. The van der Waals surface area contributed by atoms with Gasteiger partial charge in [-0.3, -0.25) is 9.59 Å². The third-order valence-electron chi connectivity index (χ3n) is 4.15. The lowest BCUT2D eigenvalue weighted by Gasteiger charge is -2.44. The lowest BCUT2D eigenvalue weighted by atomic mass is 9.91. The third-order valence-corrected chi connectivity index (χ3v) is 4.15. The van der Waals surface area contributed by atoms with Gasteiger partial charge in [-0.2, -0.15) is 0 Å². The van der Waals surface area contributed by atoms with Gasteiger partial charge in [0, 0.05) is 13.2 Å². The van der Waals surface area contributed by atoms with E-state index in [9.17, 15) is 9.59 Å². The van der Waals surface area contributed by atoms with E-state index < -0.39 is 5.54 Å². The largest absolute Gasteiger partial charge is 0.379 e. The second-order valence-corrected chi connectivity index (χ2v) is 6.22. The highest BCUT2D eigenvalue weighted by Crippen LogP contribution is 2.23. The number of unbranched alkanes of at least 4 members (excludes halogenated alkanes) is 1. The van der Waals surface area contributed by atoms with Crippen LogP contribution in [-0.2, 0) is 14.3 Å². The first-order chi connectivity index (χ1) is 9.85. The first kappa shape index (κ1) is 18.0. The zero-order chi connectivity index (χ0) is 16.0. The highest BCUT2D eigenvalue weighted by Gasteiger charge is 2.45. The van der Waals surface area contributed by atoms with Crippen LogP contribution in [0.5, 0.6) is 0 Å². The van der Waals surface area contributed by atoms with Gasteiger partial charge in [-0.25, -0.2) is 0 Å². The number of carbonyl (C=O) groups excluding carboxylic acids is 2. The van der Waals surface area contributed by atoms with Crippen LogP contribution < -0.4 is 5.32 Å². The molecule has 5 heteroatoms. The number of nitrogens with zero attached hydrogens (tertiary/aromatic N) is 1. The van der Waals surface area contributed by atoms with Crippen molar-refractivity contribution in [3.8, 4) is 0 Å². The average molecular weight is 298 g/mol. The predicted octanol–water partition coefficient (Wildman–Crippen LogP) is 2.10. The van der Waals surface area contributed by atoms with E-state index in [1.54, 1.807) is 4.90 Å². The van der Waals surface area contributed by atoms with Gasteiger partial charge >= 0.3 is 0 Å². The Morgan fingerprint density at radius 3 is 2.48 bits per heavy atom. The summed E-state index contributed by atoms with van der Waals surface area (Å²) in [4.78, 5) is 26.6. The molecule has 0 spiro atoms. The smallest absolute Gasteiger partial charge is 0.248 e. The maximum atomic E-state index is 12.6. The third kappa shape index (κ3) is 4.43. The zero-order valence-corrected chi connectivity index (χ0v) is 14.1. The summed E-state index contributed by atoms with van der Waals surface area (Å²) >= 11 is 0. The molecule has 2 atom stereocenters. The van der Waals surface area contributed by atoms with Crippen LogP contribution in [-0.4, -0.2) is 47.6 Å². The molecule has 1 N–H and O–H groups in total. The normalized spacial score (nSPS) is 26.4. The Bertz CT molecular complexity index is 371. The van der Waals surface area contributed by atoms with Crippen molar-refractivity contribution >= 4 is 11.8 Å². The van der Waals surface area contributed by atoms with E-state index in [-0.39, 0.29) is 24.0 Å². The number of hydrogen-bond donors (Lipinski definition) is 1. The first-order valence-electron chi connectivity index (χ1n) is 8.10. The van der Waals surface area contributed by atoms with Crippen LogP contribution in [0.4, 0.5) is 0 Å². The van der Waals surface area contributed by atoms with Gasteiger partial charge in [-0.05, 0) is 46.5 Å². The SMILES string of the molecule is CCC1C(=O)NC(C)(CC)C(=O)N1CCCCOC(C)C. The van der Waals surface area contributed by atoms with Gasteiger partial charge in [-0.15, -0.1) is 0 Å². The Labute approximate surface area is 128 Å². The summed E-state index contributed by atoms with van der Waals surface area (Å²) in [5.41, 5.74) is -0.753. The van der Waals surface area contributed by atoms with Gasteiger partial charge in [0.25, 0.3) is 0 Å². The molecule has 2 unspecified atom stereocenters. The second kappa shape index (κ2) is 7.78. The molecule has 1 heterocycles. The predicted molar refractivity (Wildman–Crippen MR) is 83.0 cm³/mol. The fraction of sp³-hybridized carbons (Fsp3) is 0.875. The van der Waals surface area contributed by atoms with Gasteiger partial charge in [0.2, 0.25) is 11.8 Å². The molecule has 0 aliphatic carbocycles. The minimum absolute atomic E-state index is 0.0279. The van der Waals surface area contributed by atoms with Crippen LogP contribution >= 0.6 is 0 Å². The Balaban J connectivity index is 2.62. The molecule has 0 aromatic rings. The molecule has 1 aliphatic rings. The number of ether oxygens (including phenoxy) is 1. The zero-order valence-electron chi connectivity index (χ0n) is 14.1. The van der Waals surface area contributed by atoms with Gasteiger partial charge in [0.15, 0.2) is 0 Å². The van der Waals surface area contributed by atoms with Gasteiger partial charge in [0.1, 0.15) is 11.6 Å². The number of amides is 2. The number of nitrogens with one attached hydrogen (secondary N) is 1. The lowest BCUT2D eigenvalue weighted by Crippen LogP contribution is -2.69. The Morgan fingerprint density at radius 1 is 1.29 bits per heavy atom. The molecule has 0 aromatic carbocycles. The molecule has 1 rings (SSSR count). The van der Waals surface area contributed by atoms with Crippen LogP contribution in [0.1, 0.15) is 60.3 Å². The van der Waals surface area contributed by atoms with E-state index >= 15 is 0 Å². The van der Waals surface area contributed by atoms with Crippen molar-refractivity contribution in [2.24, 2.45) is 0 Å². The maximum absolute atomic E-state index is 12.6. The molecule has 1 aliphatic heterocycles. The van der Waals surface area contributed by atoms with Crippen molar-refractivity contribution in [3.05, 3.63) is 0 Å². The standard InChI is InChI=1S/C16H30N2O3/c1-6-13-14(19)17-16(5,7-2)15(20)18(13)10-8-9-11-21-12(3)4/h12-13H,6-11H2,1-5H3,(H,17,19). The summed E-state index contributed by atoms with van der Waals surface area (Å²) in [5, 5.41) is 2.88. The monoisotopic (exact) mass is 298 g/mol. The summed E-state index contributed by atoms with van der Waals surface area (Å²) in [7, 11) is 0. The molecule has 0 aromatic heterocycles. The number of piperazine rings is 1. The minimum atomic E-state index is -0.753. The van der Waals surface area contributed by atoms with Crippen molar-refractivity contribution in [1.29, 1.82) is 0 Å². The summed E-state index contributed by atoms with van der Waals surface area (Å²) in [6.07, 6.45) is 3.27. The van der Waals surface area contributed by atoms with Crippen molar-refractivity contribution in [2.75, 3.05) is 13.2 Å². The fourth-order valence-corrected chi connectivity index (χ4v) is 2.61. The molecule has 2 amide bonds. The molecule has 5 nitrogen and oxygen atoms in total. The van der Waals surface area contributed by atoms with E-state index in [2.05, 4.69) is 5.32 Å². The molecular formula is C16H30N2O3. The molecule has 0 radical (unpaired) electrons. The van der Waals surface area contributed by atoms with Crippen molar-refractivity contribution in [1.82, 2.24) is 10.2 Å². The van der Waals surface area contributed by atoms with Crippen LogP contribution in [0.3, 0.4) is 0 Å². The highest BCUT2D eigenvalue weighted by atomic mass is 16.5.